The van der Waals surface area contributed by atoms with E-state index in [1.54, 1.807) is 6.26 Å². The Morgan fingerprint density at radius 3 is 2.50 bits per heavy atom. The summed E-state index contributed by atoms with van der Waals surface area (Å²) in [7, 11) is 0. The van der Waals surface area contributed by atoms with Crippen LogP contribution >= 0.6 is 11.8 Å². The van der Waals surface area contributed by atoms with Crippen LogP contribution in [-0.4, -0.2) is 38.9 Å². The summed E-state index contributed by atoms with van der Waals surface area (Å²) in [4.78, 5) is 24.7. The summed E-state index contributed by atoms with van der Waals surface area (Å²) < 4.78 is 7.33. The number of hydrogen-bond acceptors (Lipinski definition) is 6. The van der Waals surface area contributed by atoms with Gasteiger partial charge in [-0.05, 0) is 43.2 Å². The van der Waals surface area contributed by atoms with Crippen LogP contribution in [0.25, 0.3) is 17.1 Å². The molecule has 0 aliphatic heterocycles. The summed E-state index contributed by atoms with van der Waals surface area (Å²) >= 11 is 1.25. The van der Waals surface area contributed by atoms with Gasteiger partial charge in [-0.15, -0.1) is 10.2 Å². The van der Waals surface area contributed by atoms with E-state index in [2.05, 4.69) is 20.8 Å². The molecule has 174 valence electrons. The molecule has 0 bridgehead atoms. The summed E-state index contributed by atoms with van der Waals surface area (Å²) in [5, 5.41) is 14.7. The number of benzene rings is 2. The van der Waals surface area contributed by atoms with Crippen molar-refractivity contribution < 1.29 is 14.0 Å². The number of anilines is 1. The number of nitrogens with one attached hydrogen (secondary N) is 2. The molecule has 8 nitrogen and oxygen atoms in total. The highest BCUT2D eigenvalue weighted by molar-refractivity contribution is 7.99. The van der Waals surface area contributed by atoms with Gasteiger partial charge in [0.15, 0.2) is 11.0 Å². The predicted octanol–water partition coefficient (Wildman–Crippen LogP) is 4.25. The van der Waals surface area contributed by atoms with Crippen molar-refractivity contribution in [3.8, 4) is 17.1 Å². The Labute approximate surface area is 201 Å². The van der Waals surface area contributed by atoms with Gasteiger partial charge in [-0.3, -0.25) is 14.2 Å². The van der Waals surface area contributed by atoms with Crippen LogP contribution in [0.1, 0.15) is 18.2 Å². The van der Waals surface area contributed by atoms with Gasteiger partial charge in [0.1, 0.15) is 5.76 Å². The van der Waals surface area contributed by atoms with Crippen LogP contribution in [0.15, 0.2) is 76.5 Å². The van der Waals surface area contributed by atoms with Crippen molar-refractivity contribution >= 4 is 29.3 Å². The van der Waals surface area contributed by atoms with E-state index in [-0.39, 0.29) is 24.1 Å². The first-order valence-electron chi connectivity index (χ1n) is 10.9. The zero-order valence-electron chi connectivity index (χ0n) is 18.9. The largest absolute Gasteiger partial charge is 0.469 e. The number of thioether (sulfide) groups is 1. The van der Waals surface area contributed by atoms with E-state index >= 15 is 0 Å². The molecular weight excluding hydrogens is 450 g/mol. The second-order valence-electron chi connectivity index (χ2n) is 7.49. The topological polar surface area (TPSA) is 102 Å². The zero-order valence-corrected chi connectivity index (χ0v) is 19.8. The van der Waals surface area contributed by atoms with Crippen LogP contribution in [-0.2, 0) is 16.0 Å². The lowest BCUT2D eigenvalue weighted by molar-refractivity contribution is -0.122. The minimum Gasteiger partial charge on any atom is -0.469 e. The van der Waals surface area contributed by atoms with E-state index in [1.807, 2.05) is 79.1 Å². The van der Waals surface area contributed by atoms with Gasteiger partial charge in [0.2, 0.25) is 11.8 Å². The van der Waals surface area contributed by atoms with Gasteiger partial charge < -0.3 is 15.1 Å². The third-order valence-corrected chi connectivity index (χ3v) is 6.13. The van der Waals surface area contributed by atoms with Crippen molar-refractivity contribution in [3.05, 3.63) is 78.3 Å². The lowest BCUT2D eigenvalue weighted by Crippen LogP contribution is -2.34. The predicted molar refractivity (Wildman–Crippen MR) is 132 cm³/mol. The van der Waals surface area contributed by atoms with Crippen LogP contribution in [0, 0.1) is 6.92 Å². The molecule has 2 aromatic heterocycles. The van der Waals surface area contributed by atoms with Crippen LogP contribution < -0.4 is 10.6 Å². The molecule has 2 N–H and O–H groups in total. The van der Waals surface area contributed by atoms with E-state index in [1.165, 1.54) is 11.8 Å². The summed E-state index contributed by atoms with van der Waals surface area (Å²) in [6.07, 6.45) is 2.42. The summed E-state index contributed by atoms with van der Waals surface area (Å²) in [6.45, 7) is 3.78. The Morgan fingerprint density at radius 2 is 1.76 bits per heavy atom. The Hall–Kier alpha value is -3.85. The molecule has 4 aromatic rings. The van der Waals surface area contributed by atoms with Crippen molar-refractivity contribution in [3.63, 3.8) is 0 Å². The van der Waals surface area contributed by atoms with Gasteiger partial charge in [0, 0.05) is 11.4 Å². The molecule has 0 radical (unpaired) electrons. The number of para-hydroxylation sites is 2. The second kappa shape index (κ2) is 10.8. The van der Waals surface area contributed by atoms with E-state index in [0.717, 1.165) is 34.7 Å². The van der Waals surface area contributed by atoms with Crippen molar-refractivity contribution in [2.45, 2.75) is 25.4 Å². The van der Waals surface area contributed by atoms with Crippen LogP contribution in [0.3, 0.4) is 0 Å². The molecule has 0 unspecified atom stereocenters. The maximum atomic E-state index is 12.4. The van der Waals surface area contributed by atoms with E-state index in [9.17, 15) is 9.59 Å². The maximum Gasteiger partial charge on any atom is 0.243 e. The van der Waals surface area contributed by atoms with Crippen LogP contribution in [0.4, 0.5) is 5.69 Å². The van der Waals surface area contributed by atoms with Crippen molar-refractivity contribution in [2.24, 2.45) is 0 Å². The number of aryl methyl sites for hydroxylation is 2. The average molecular weight is 476 g/mol. The minimum atomic E-state index is -0.274. The molecule has 34 heavy (non-hydrogen) atoms. The Bertz CT molecular complexity index is 1280. The molecule has 2 heterocycles. The third-order valence-electron chi connectivity index (χ3n) is 5.20. The van der Waals surface area contributed by atoms with Crippen LogP contribution in [0.2, 0.25) is 0 Å². The zero-order chi connectivity index (χ0) is 23.9. The summed E-state index contributed by atoms with van der Waals surface area (Å²) in [5.41, 5.74) is 3.51. The monoisotopic (exact) mass is 475 g/mol. The normalized spacial score (nSPS) is 10.8. The number of rotatable bonds is 9. The number of amides is 2. The summed E-state index contributed by atoms with van der Waals surface area (Å²) in [6, 6.07) is 19.1. The first-order chi connectivity index (χ1) is 16.6. The molecule has 2 amide bonds. The number of hydrogen-bond donors (Lipinski definition) is 2. The fraction of sp³-hybridized carbons (Fsp3) is 0.200. The quantitative estimate of drug-likeness (QED) is 0.351. The van der Waals surface area contributed by atoms with E-state index in [4.69, 9.17) is 4.42 Å². The highest BCUT2D eigenvalue weighted by Gasteiger charge is 2.19. The molecule has 2 aromatic carbocycles. The van der Waals surface area contributed by atoms with Crippen molar-refractivity contribution in [2.75, 3.05) is 17.6 Å². The third kappa shape index (κ3) is 5.37. The number of aromatic nitrogens is 3. The first kappa shape index (κ1) is 23.3. The average Bonchev–Trinajstić information content (AvgIpc) is 3.47. The van der Waals surface area contributed by atoms with Gasteiger partial charge in [-0.2, -0.15) is 0 Å². The molecule has 0 saturated heterocycles. The van der Waals surface area contributed by atoms with Gasteiger partial charge in [0.25, 0.3) is 0 Å². The molecule has 9 heteroatoms. The standard InChI is InChI=1S/C25H25N5O3S/c1-3-18-9-7-8-12-21(18)27-22(31)15-26-23(32)16-34-25-29-28-24(20-13-14-33-17(20)2)30(25)19-10-5-4-6-11-19/h4-14H,3,15-16H2,1-2H3,(H,26,32)(H,27,31). The molecule has 4 rings (SSSR count). The lowest BCUT2D eigenvalue weighted by atomic mass is 10.1. The summed E-state index contributed by atoms with van der Waals surface area (Å²) in [5.74, 6) is 0.912. The number of carbonyl (C=O) groups is 2. The molecule has 0 aliphatic rings. The maximum absolute atomic E-state index is 12.4. The highest BCUT2D eigenvalue weighted by Crippen LogP contribution is 2.30. The minimum absolute atomic E-state index is 0.0914. The number of carbonyl (C=O) groups excluding carboxylic acids is 2. The van der Waals surface area contributed by atoms with Crippen molar-refractivity contribution in [1.82, 2.24) is 20.1 Å². The van der Waals surface area contributed by atoms with E-state index < -0.39 is 0 Å². The van der Waals surface area contributed by atoms with Gasteiger partial charge in [-0.25, -0.2) is 0 Å². The molecule has 0 atom stereocenters. The second-order valence-corrected chi connectivity index (χ2v) is 8.43. The molecular formula is C25H25N5O3S. The van der Waals surface area contributed by atoms with Gasteiger partial charge in [0.05, 0.1) is 24.1 Å². The van der Waals surface area contributed by atoms with Gasteiger partial charge in [-0.1, -0.05) is 55.1 Å². The highest BCUT2D eigenvalue weighted by atomic mass is 32.2. The Balaban J connectivity index is 1.40. The fourth-order valence-electron chi connectivity index (χ4n) is 3.47. The molecule has 0 saturated carbocycles. The first-order valence-corrected chi connectivity index (χ1v) is 11.9. The van der Waals surface area contributed by atoms with Crippen LogP contribution in [0.5, 0.6) is 0 Å². The van der Waals surface area contributed by atoms with E-state index in [0.29, 0.717) is 11.0 Å². The number of furan rings is 1. The number of nitrogens with zero attached hydrogens (tertiary/aromatic N) is 3. The Morgan fingerprint density at radius 1 is 1.00 bits per heavy atom. The molecule has 0 spiro atoms. The fourth-order valence-corrected chi connectivity index (χ4v) is 4.25. The molecule has 0 fully saturated rings. The smallest absolute Gasteiger partial charge is 0.243 e. The van der Waals surface area contributed by atoms with Gasteiger partial charge >= 0.3 is 0 Å². The molecule has 0 aliphatic carbocycles. The lowest BCUT2D eigenvalue weighted by Gasteiger charge is -2.11. The SMILES string of the molecule is CCc1ccccc1NC(=O)CNC(=O)CSc1nnc(-c2ccoc2C)n1-c1ccccc1. The Kier molecular flexibility index (Phi) is 7.44. The van der Waals surface area contributed by atoms with Crippen molar-refractivity contribution in [1.29, 1.82) is 0 Å².